The van der Waals surface area contributed by atoms with E-state index in [0.29, 0.717) is 17.5 Å². The van der Waals surface area contributed by atoms with E-state index in [1.807, 2.05) is 7.11 Å². The van der Waals surface area contributed by atoms with E-state index in [4.69, 9.17) is 4.74 Å². The molecule has 15 heavy (non-hydrogen) atoms. The highest BCUT2D eigenvalue weighted by atomic mass is 16.5. The zero-order chi connectivity index (χ0) is 11.9. The van der Waals surface area contributed by atoms with E-state index in [1.54, 1.807) is 0 Å². The van der Waals surface area contributed by atoms with E-state index >= 15 is 0 Å². The van der Waals surface area contributed by atoms with Crippen LogP contribution in [0.1, 0.15) is 48.0 Å². The van der Waals surface area contributed by atoms with Gasteiger partial charge in [0, 0.05) is 25.7 Å². The molecule has 90 valence electrons. The smallest absolute Gasteiger partial charge is 0.0792 e. The van der Waals surface area contributed by atoms with Crippen LogP contribution >= 0.6 is 0 Å². The van der Waals surface area contributed by atoms with Gasteiger partial charge in [0.2, 0.25) is 0 Å². The molecule has 1 aliphatic heterocycles. The van der Waals surface area contributed by atoms with Gasteiger partial charge in [-0.25, -0.2) is 0 Å². The molecule has 2 unspecified atom stereocenters. The van der Waals surface area contributed by atoms with E-state index in [0.717, 1.165) is 13.0 Å². The van der Waals surface area contributed by atoms with Gasteiger partial charge in [0.15, 0.2) is 0 Å². The molecule has 2 atom stereocenters. The van der Waals surface area contributed by atoms with Gasteiger partial charge in [0.05, 0.1) is 5.60 Å². The maximum Gasteiger partial charge on any atom is 0.0792 e. The summed E-state index contributed by atoms with van der Waals surface area (Å²) in [6.07, 6.45) is 1.14. The number of hydrogen-bond donors (Lipinski definition) is 0. The molecule has 0 N–H and O–H groups in total. The zero-order valence-corrected chi connectivity index (χ0v) is 11.4. The third kappa shape index (κ3) is 2.73. The van der Waals surface area contributed by atoms with Crippen LogP contribution in [0.4, 0.5) is 0 Å². The summed E-state index contributed by atoms with van der Waals surface area (Å²) < 4.78 is 5.66. The Balaban J connectivity index is 2.86. The molecule has 1 fully saturated rings. The lowest BCUT2D eigenvalue weighted by atomic mass is 9.83. The number of ether oxygens (including phenoxy) is 1. The fraction of sp³-hybridized carbons (Fsp3) is 1.00. The Labute approximate surface area is 95.0 Å². The van der Waals surface area contributed by atoms with Crippen LogP contribution in [0.25, 0.3) is 0 Å². The van der Waals surface area contributed by atoms with Crippen LogP contribution in [0.15, 0.2) is 0 Å². The SMILES string of the molecule is COC1(C)CC(C(C)(C)C)N(C(C)C)C1. The molecular weight excluding hydrogens is 186 g/mol. The van der Waals surface area contributed by atoms with Gasteiger partial charge in [-0.1, -0.05) is 20.8 Å². The van der Waals surface area contributed by atoms with E-state index < -0.39 is 0 Å². The molecule has 0 aromatic heterocycles. The van der Waals surface area contributed by atoms with E-state index in [1.165, 1.54) is 0 Å². The minimum atomic E-state index is 0.0439. The Morgan fingerprint density at radius 3 is 2.13 bits per heavy atom. The van der Waals surface area contributed by atoms with Gasteiger partial charge in [-0.15, -0.1) is 0 Å². The Kier molecular flexibility index (Phi) is 3.52. The largest absolute Gasteiger partial charge is 0.377 e. The highest BCUT2D eigenvalue weighted by Gasteiger charge is 2.46. The molecular formula is C13H27NO. The third-order valence-electron chi connectivity index (χ3n) is 3.70. The number of hydrogen-bond acceptors (Lipinski definition) is 2. The quantitative estimate of drug-likeness (QED) is 0.699. The maximum absolute atomic E-state index is 5.66. The summed E-state index contributed by atoms with van der Waals surface area (Å²) in [5.41, 5.74) is 0.378. The third-order valence-corrected chi connectivity index (χ3v) is 3.70. The lowest BCUT2D eigenvalue weighted by Gasteiger charge is -2.37. The van der Waals surface area contributed by atoms with Crippen molar-refractivity contribution in [3.05, 3.63) is 0 Å². The van der Waals surface area contributed by atoms with E-state index in [-0.39, 0.29) is 5.60 Å². The summed E-state index contributed by atoms with van der Waals surface area (Å²) in [4.78, 5) is 2.59. The molecule has 0 aromatic rings. The normalized spacial score (nSPS) is 34.0. The molecule has 0 aromatic carbocycles. The highest BCUT2D eigenvalue weighted by Crippen LogP contribution is 2.39. The van der Waals surface area contributed by atoms with Crippen molar-refractivity contribution in [2.75, 3.05) is 13.7 Å². The second kappa shape index (κ2) is 4.06. The van der Waals surface area contributed by atoms with Crippen LogP contribution in [0.3, 0.4) is 0 Å². The van der Waals surface area contributed by atoms with E-state index in [9.17, 15) is 0 Å². The van der Waals surface area contributed by atoms with Crippen LogP contribution in [0, 0.1) is 5.41 Å². The fourth-order valence-electron chi connectivity index (χ4n) is 2.58. The topological polar surface area (TPSA) is 12.5 Å². The lowest BCUT2D eigenvalue weighted by Crippen LogP contribution is -2.43. The molecule has 0 bridgehead atoms. The van der Waals surface area contributed by atoms with Gasteiger partial charge in [0.25, 0.3) is 0 Å². The summed E-state index contributed by atoms with van der Waals surface area (Å²) in [5, 5.41) is 0. The Morgan fingerprint density at radius 1 is 1.33 bits per heavy atom. The summed E-state index contributed by atoms with van der Waals surface area (Å²) in [7, 11) is 1.84. The van der Waals surface area contributed by atoms with Gasteiger partial charge < -0.3 is 4.74 Å². The predicted octanol–water partition coefficient (Wildman–Crippen LogP) is 2.92. The first-order valence-electron chi connectivity index (χ1n) is 6.00. The first-order chi connectivity index (χ1) is 6.69. The van der Waals surface area contributed by atoms with Gasteiger partial charge in [-0.3, -0.25) is 4.90 Å². The highest BCUT2D eigenvalue weighted by molar-refractivity contribution is 5.00. The standard InChI is InChI=1S/C13H27NO/c1-10(2)14-9-13(6,15-7)8-11(14)12(3,4)5/h10-11H,8-9H2,1-7H3. The van der Waals surface area contributed by atoms with Crippen molar-refractivity contribution in [3.8, 4) is 0 Å². The minimum Gasteiger partial charge on any atom is -0.377 e. The maximum atomic E-state index is 5.66. The number of rotatable bonds is 2. The monoisotopic (exact) mass is 213 g/mol. The summed E-state index contributed by atoms with van der Waals surface area (Å²) in [6.45, 7) is 14.8. The molecule has 0 amide bonds. The first kappa shape index (κ1) is 13.0. The second-order valence-corrected chi connectivity index (χ2v) is 6.51. The zero-order valence-electron chi connectivity index (χ0n) is 11.4. The van der Waals surface area contributed by atoms with Gasteiger partial charge >= 0.3 is 0 Å². The van der Waals surface area contributed by atoms with Gasteiger partial charge in [0.1, 0.15) is 0 Å². The van der Waals surface area contributed by atoms with Crippen molar-refractivity contribution in [2.45, 2.75) is 65.6 Å². The first-order valence-corrected chi connectivity index (χ1v) is 6.00. The molecule has 0 spiro atoms. The molecule has 0 saturated carbocycles. The summed E-state index contributed by atoms with van der Waals surface area (Å²) >= 11 is 0. The van der Waals surface area contributed by atoms with Crippen molar-refractivity contribution >= 4 is 0 Å². The molecule has 1 rings (SSSR count). The fourth-order valence-corrected chi connectivity index (χ4v) is 2.58. The van der Waals surface area contributed by atoms with Crippen molar-refractivity contribution < 1.29 is 4.74 Å². The van der Waals surface area contributed by atoms with Crippen LogP contribution < -0.4 is 0 Å². The molecule has 1 saturated heterocycles. The van der Waals surface area contributed by atoms with Crippen molar-refractivity contribution in [2.24, 2.45) is 5.41 Å². The van der Waals surface area contributed by atoms with Crippen LogP contribution in [-0.4, -0.2) is 36.2 Å². The Hall–Kier alpha value is -0.0800. The van der Waals surface area contributed by atoms with Crippen LogP contribution in [0.5, 0.6) is 0 Å². The molecule has 2 heteroatoms. The molecule has 2 nitrogen and oxygen atoms in total. The molecule has 0 aliphatic carbocycles. The minimum absolute atomic E-state index is 0.0439. The number of methoxy groups -OCH3 is 1. The number of likely N-dealkylation sites (tertiary alicyclic amines) is 1. The molecule has 0 radical (unpaired) electrons. The average Bonchev–Trinajstić information content (AvgIpc) is 2.44. The van der Waals surface area contributed by atoms with Gasteiger partial charge in [-0.2, -0.15) is 0 Å². The lowest BCUT2D eigenvalue weighted by molar-refractivity contribution is 0.0123. The second-order valence-electron chi connectivity index (χ2n) is 6.51. The summed E-state index contributed by atoms with van der Waals surface area (Å²) in [6, 6.07) is 1.23. The molecule has 1 heterocycles. The Morgan fingerprint density at radius 2 is 1.87 bits per heavy atom. The number of nitrogens with zero attached hydrogens (tertiary/aromatic N) is 1. The van der Waals surface area contributed by atoms with Crippen molar-refractivity contribution in [3.63, 3.8) is 0 Å². The predicted molar refractivity (Wildman–Crippen MR) is 65.1 cm³/mol. The van der Waals surface area contributed by atoms with Crippen LogP contribution in [-0.2, 0) is 4.74 Å². The van der Waals surface area contributed by atoms with Crippen LogP contribution in [0.2, 0.25) is 0 Å². The molecule has 1 aliphatic rings. The van der Waals surface area contributed by atoms with E-state index in [2.05, 4.69) is 46.4 Å². The van der Waals surface area contributed by atoms with Gasteiger partial charge in [-0.05, 0) is 32.6 Å². The van der Waals surface area contributed by atoms with Crippen molar-refractivity contribution in [1.82, 2.24) is 4.90 Å². The Bertz CT molecular complexity index is 219. The average molecular weight is 213 g/mol. The summed E-state index contributed by atoms with van der Waals surface area (Å²) in [5.74, 6) is 0. The van der Waals surface area contributed by atoms with Crippen molar-refractivity contribution in [1.29, 1.82) is 0 Å².